The molecule has 182 valence electrons. The molecule has 5 rings (SSSR count). The monoisotopic (exact) mass is 487 g/mol. The molecule has 3 aromatic heterocycles. The van der Waals surface area contributed by atoms with Gasteiger partial charge in [-0.05, 0) is 55.7 Å². The normalized spacial score (nSPS) is 14.0. The van der Waals surface area contributed by atoms with Crippen LogP contribution in [0.25, 0.3) is 32.7 Å². The number of rotatable bonds is 5. The van der Waals surface area contributed by atoms with E-state index in [1.165, 1.54) is 32.8 Å². The Hall–Kier alpha value is -3.03. The molecule has 1 N–H and O–H groups in total. The number of benzene rings is 1. The van der Waals surface area contributed by atoms with Gasteiger partial charge in [-0.15, -0.1) is 11.3 Å². The minimum Gasteiger partial charge on any atom is -0.354 e. The Kier molecular flexibility index (Phi) is 6.23. The topological polar surface area (TPSA) is 65.1 Å². The van der Waals surface area contributed by atoms with Crippen LogP contribution in [0.4, 0.5) is 0 Å². The van der Waals surface area contributed by atoms with Crippen LogP contribution in [-0.4, -0.2) is 57.8 Å². The van der Waals surface area contributed by atoms with Gasteiger partial charge in [-0.1, -0.05) is 13.8 Å². The zero-order chi connectivity index (χ0) is 24.9. The molecule has 0 fully saturated rings. The summed E-state index contributed by atoms with van der Waals surface area (Å²) in [6.45, 7) is 10.7. The third kappa shape index (κ3) is 4.62. The average Bonchev–Trinajstić information content (AvgIpc) is 3.39. The lowest BCUT2D eigenvalue weighted by Crippen LogP contribution is -2.39. The van der Waals surface area contributed by atoms with Gasteiger partial charge in [0.05, 0.1) is 17.9 Å². The van der Waals surface area contributed by atoms with E-state index in [9.17, 15) is 4.79 Å². The van der Waals surface area contributed by atoms with Crippen molar-refractivity contribution < 1.29 is 4.79 Å². The van der Waals surface area contributed by atoms with Gasteiger partial charge in [0, 0.05) is 71.9 Å². The highest BCUT2D eigenvalue weighted by Gasteiger charge is 2.24. The SMILES string of the molecule is Cc1cc(-c2[nH]c3ccc(-c4nc5c(s4)CN(CC(=O)N(C)C)CC5)cc3c2C(C)C)cc(C)n1. The molecule has 1 aromatic carbocycles. The van der Waals surface area contributed by atoms with Crippen molar-refractivity contribution in [3.8, 4) is 21.8 Å². The Bertz CT molecular complexity index is 1390. The van der Waals surface area contributed by atoms with Crippen LogP contribution in [0.2, 0.25) is 0 Å². The summed E-state index contributed by atoms with van der Waals surface area (Å²) in [4.78, 5) is 30.6. The first-order valence-corrected chi connectivity index (χ1v) is 13.0. The number of carbonyl (C=O) groups is 1. The molecule has 0 radical (unpaired) electrons. The number of H-pyrrole nitrogens is 1. The van der Waals surface area contributed by atoms with E-state index in [-0.39, 0.29) is 5.91 Å². The maximum atomic E-state index is 12.2. The zero-order valence-corrected chi connectivity index (χ0v) is 22.2. The first-order valence-electron chi connectivity index (χ1n) is 12.2. The number of likely N-dealkylation sites (N-methyl/N-ethyl adjacent to an activating group) is 1. The van der Waals surface area contributed by atoms with E-state index >= 15 is 0 Å². The number of amides is 1. The fourth-order valence-corrected chi connectivity index (χ4v) is 6.14. The summed E-state index contributed by atoms with van der Waals surface area (Å²) in [6.07, 6.45) is 0.890. The van der Waals surface area contributed by atoms with Gasteiger partial charge in [0.25, 0.3) is 0 Å². The first kappa shape index (κ1) is 23.7. The lowest BCUT2D eigenvalue weighted by atomic mass is 9.95. The highest BCUT2D eigenvalue weighted by Crippen LogP contribution is 2.39. The number of aryl methyl sites for hydroxylation is 2. The highest BCUT2D eigenvalue weighted by molar-refractivity contribution is 7.15. The van der Waals surface area contributed by atoms with Crippen molar-refractivity contribution in [1.29, 1.82) is 0 Å². The molecule has 1 amide bonds. The van der Waals surface area contributed by atoms with Crippen LogP contribution in [0.1, 0.15) is 47.3 Å². The number of nitrogens with one attached hydrogen (secondary N) is 1. The number of hydrogen-bond donors (Lipinski definition) is 1. The number of nitrogens with zero attached hydrogens (tertiary/aromatic N) is 4. The predicted octanol–water partition coefficient (Wildman–Crippen LogP) is 5.54. The van der Waals surface area contributed by atoms with Gasteiger partial charge in [-0.25, -0.2) is 4.98 Å². The van der Waals surface area contributed by atoms with E-state index in [4.69, 9.17) is 4.98 Å². The molecule has 0 atom stereocenters. The molecule has 0 saturated heterocycles. The van der Waals surface area contributed by atoms with Gasteiger partial charge >= 0.3 is 0 Å². The van der Waals surface area contributed by atoms with Gasteiger partial charge in [0.1, 0.15) is 5.01 Å². The van der Waals surface area contributed by atoms with Crippen molar-refractivity contribution in [2.45, 2.75) is 46.6 Å². The molecule has 4 heterocycles. The standard InChI is InChI=1S/C28H33N5OS/c1-16(2)26-21-13-19(7-8-22(21)30-27(26)20-11-17(3)29-18(4)12-20)28-31-23-9-10-33(14-24(23)35-28)15-25(34)32(5)6/h7-8,11-13,16,30H,9-10,14-15H2,1-6H3. The number of hydrogen-bond acceptors (Lipinski definition) is 5. The molecular weight excluding hydrogens is 454 g/mol. The van der Waals surface area contributed by atoms with Crippen molar-refractivity contribution in [2.75, 3.05) is 27.2 Å². The molecule has 4 aromatic rings. The van der Waals surface area contributed by atoms with Crippen molar-refractivity contribution in [2.24, 2.45) is 0 Å². The second kappa shape index (κ2) is 9.21. The smallest absolute Gasteiger partial charge is 0.236 e. The molecule has 1 aliphatic heterocycles. The third-order valence-electron chi connectivity index (χ3n) is 6.70. The molecule has 6 nitrogen and oxygen atoms in total. The van der Waals surface area contributed by atoms with Gasteiger partial charge in [0.15, 0.2) is 0 Å². The zero-order valence-electron chi connectivity index (χ0n) is 21.4. The molecule has 0 aliphatic carbocycles. The van der Waals surface area contributed by atoms with E-state index in [2.05, 4.69) is 59.0 Å². The number of fused-ring (bicyclic) bond motifs is 2. The summed E-state index contributed by atoms with van der Waals surface area (Å²) in [5.74, 6) is 0.516. The van der Waals surface area contributed by atoms with Crippen LogP contribution >= 0.6 is 11.3 Å². The molecule has 35 heavy (non-hydrogen) atoms. The van der Waals surface area contributed by atoms with Crippen molar-refractivity contribution in [1.82, 2.24) is 24.8 Å². The van der Waals surface area contributed by atoms with E-state index in [0.717, 1.165) is 47.0 Å². The summed E-state index contributed by atoms with van der Waals surface area (Å²) < 4.78 is 0. The van der Waals surface area contributed by atoms with E-state index in [1.54, 1.807) is 16.2 Å². The Balaban J connectivity index is 1.51. The molecule has 1 aliphatic rings. The van der Waals surface area contributed by atoms with Crippen LogP contribution in [0, 0.1) is 13.8 Å². The van der Waals surface area contributed by atoms with E-state index in [0.29, 0.717) is 12.5 Å². The number of aromatic nitrogens is 3. The minimum absolute atomic E-state index is 0.146. The van der Waals surface area contributed by atoms with Gasteiger partial charge in [-0.2, -0.15) is 0 Å². The quantitative estimate of drug-likeness (QED) is 0.401. The van der Waals surface area contributed by atoms with Crippen LogP contribution in [0.5, 0.6) is 0 Å². The van der Waals surface area contributed by atoms with Crippen LogP contribution in [0.3, 0.4) is 0 Å². The van der Waals surface area contributed by atoms with Gasteiger partial charge in [0.2, 0.25) is 5.91 Å². The van der Waals surface area contributed by atoms with Crippen molar-refractivity contribution >= 4 is 28.1 Å². The second-order valence-corrected chi connectivity index (χ2v) is 11.2. The van der Waals surface area contributed by atoms with Crippen LogP contribution in [-0.2, 0) is 17.8 Å². The summed E-state index contributed by atoms with van der Waals surface area (Å²) >= 11 is 1.76. The number of pyridine rings is 1. The number of aromatic amines is 1. The highest BCUT2D eigenvalue weighted by atomic mass is 32.1. The molecule has 0 saturated carbocycles. The summed E-state index contributed by atoms with van der Waals surface area (Å²) in [5, 5.41) is 2.32. The lowest BCUT2D eigenvalue weighted by Gasteiger charge is -2.26. The maximum Gasteiger partial charge on any atom is 0.236 e. The largest absolute Gasteiger partial charge is 0.354 e. The fraction of sp³-hybridized carbons (Fsp3) is 0.393. The number of carbonyl (C=O) groups excluding carboxylic acids is 1. The molecule has 0 bridgehead atoms. The molecule has 0 unspecified atom stereocenters. The van der Waals surface area contributed by atoms with E-state index in [1.807, 2.05) is 27.9 Å². The lowest BCUT2D eigenvalue weighted by molar-refractivity contribution is -0.130. The number of thiazole rings is 1. The summed E-state index contributed by atoms with van der Waals surface area (Å²) in [5.41, 5.74) is 9.25. The maximum absolute atomic E-state index is 12.2. The van der Waals surface area contributed by atoms with Crippen molar-refractivity contribution in [3.05, 3.63) is 57.9 Å². The van der Waals surface area contributed by atoms with Gasteiger partial charge < -0.3 is 9.88 Å². The molecular formula is C28H33N5OS. The molecule has 0 spiro atoms. The summed E-state index contributed by atoms with van der Waals surface area (Å²) in [7, 11) is 3.63. The average molecular weight is 488 g/mol. The van der Waals surface area contributed by atoms with Crippen LogP contribution in [0.15, 0.2) is 30.3 Å². The summed E-state index contributed by atoms with van der Waals surface area (Å²) in [6, 6.07) is 11.0. The van der Waals surface area contributed by atoms with Crippen LogP contribution < -0.4 is 0 Å². The second-order valence-electron chi connectivity index (χ2n) is 10.1. The molecule has 7 heteroatoms. The Morgan fingerprint density at radius 1 is 1.11 bits per heavy atom. The Labute approximate surface area is 211 Å². The Morgan fingerprint density at radius 2 is 1.86 bits per heavy atom. The third-order valence-corrected chi connectivity index (χ3v) is 7.83. The van der Waals surface area contributed by atoms with Gasteiger partial charge in [-0.3, -0.25) is 14.7 Å². The van der Waals surface area contributed by atoms with Crippen molar-refractivity contribution in [3.63, 3.8) is 0 Å². The minimum atomic E-state index is 0.146. The fourth-order valence-electron chi connectivity index (χ4n) is 4.99. The van der Waals surface area contributed by atoms with E-state index < -0.39 is 0 Å². The predicted molar refractivity (Wildman–Crippen MR) is 144 cm³/mol. The Morgan fingerprint density at radius 3 is 2.54 bits per heavy atom. The first-order chi connectivity index (χ1) is 16.7.